The minimum absolute atomic E-state index is 0.229. The SMILES string of the molecule is CCCCCC(CC)C1=NC(=O)C(=O)N1. The lowest BCUT2D eigenvalue weighted by atomic mass is 9.97. The Morgan fingerprint density at radius 1 is 1.27 bits per heavy atom. The predicted molar refractivity (Wildman–Crippen MR) is 58.5 cm³/mol. The average molecular weight is 210 g/mol. The number of nitrogens with one attached hydrogen (secondary N) is 1. The number of rotatable bonds is 6. The summed E-state index contributed by atoms with van der Waals surface area (Å²) in [4.78, 5) is 25.6. The maximum absolute atomic E-state index is 11.0. The van der Waals surface area contributed by atoms with Crippen LogP contribution < -0.4 is 5.32 Å². The number of hydrogen-bond acceptors (Lipinski definition) is 2. The highest BCUT2D eigenvalue weighted by molar-refractivity contribution is 6.44. The molecule has 0 saturated heterocycles. The molecule has 0 fully saturated rings. The molecule has 4 heteroatoms. The Kier molecular flexibility index (Phi) is 4.46. The van der Waals surface area contributed by atoms with Crippen LogP contribution in [0.2, 0.25) is 0 Å². The smallest absolute Gasteiger partial charge is 0.305 e. The molecule has 15 heavy (non-hydrogen) atoms. The maximum Gasteiger partial charge on any atom is 0.337 e. The van der Waals surface area contributed by atoms with Crippen molar-refractivity contribution in [3.05, 3.63) is 0 Å². The summed E-state index contributed by atoms with van der Waals surface area (Å²) < 4.78 is 0. The van der Waals surface area contributed by atoms with E-state index >= 15 is 0 Å². The standard InChI is InChI=1S/C11H18N2O2/c1-3-5-6-7-8(4-2)9-12-10(14)11(15)13-9/h8H,3-7H2,1-2H3,(H,12,13,14,15). The molecule has 1 unspecified atom stereocenters. The summed E-state index contributed by atoms with van der Waals surface area (Å²) in [5.74, 6) is -0.437. The molecule has 0 aromatic carbocycles. The summed E-state index contributed by atoms with van der Waals surface area (Å²) in [6.45, 7) is 4.20. The highest BCUT2D eigenvalue weighted by atomic mass is 16.2. The van der Waals surface area contributed by atoms with Gasteiger partial charge in [0, 0.05) is 5.92 Å². The lowest BCUT2D eigenvalue weighted by molar-refractivity contribution is -0.135. The molecule has 1 rings (SSSR count). The zero-order valence-corrected chi connectivity index (χ0v) is 9.38. The lowest BCUT2D eigenvalue weighted by Gasteiger charge is -2.13. The number of carbonyl (C=O) groups excluding carboxylic acids is 2. The van der Waals surface area contributed by atoms with Crippen molar-refractivity contribution in [1.82, 2.24) is 5.32 Å². The highest BCUT2D eigenvalue weighted by Gasteiger charge is 2.27. The number of aliphatic imine (C=N–C) groups is 1. The molecule has 0 spiro atoms. The third kappa shape index (κ3) is 3.15. The lowest BCUT2D eigenvalue weighted by Crippen LogP contribution is -2.31. The van der Waals surface area contributed by atoms with Crippen molar-refractivity contribution in [2.24, 2.45) is 10.9 Å². The van der Waals surface area contributed by atoms with Gasteiger partial charge in [0.05, 0.1) is 0 Å². The quantitative estimate of drug-likeness (QED) is 0.535. The monoisotopic (exact) mass is 210 g/mol. The molecule has 1 N–H and O–H groups in total. The van der Waals surface area contributed by atoms with Crippen LogP contribution in [0.15, 0.2) is 4.99 Å². The molecule has 1 aliphatic heterocycles. The number of hydrogen-bond donors (Lipinski definition) is 1. The van der Waals surface area contributed by atoms with Crippen molar-refractivity contribution in [3.63, 3.8) is 0 Å². The highest BCUT2D eigenvalue weighted by Crippen LogP contribution is 2.16. The van der Waals surface area contributed by atoms with E-state index in [9.17, 15) is 9.59 Å². The fourth-order valence-electron chi connectivity index (χ4n) is 1.73. The van der Waals surface area contributed by atoms with Gasteiger partial charge in [-0.05, 0) is 12.8 Å². The van der Waals surface area contributed by atoms with Gasteiger partial charge in [0.2, 0.25) is 0 Å². The molecular weight excluding hydrogens is 192 g/mol. The molecule has 0 radical (unpaired) electrons. The van der Waals surface area contributed by atoms with Gasteiger partial charge in [-0.15, -0.1) is 0 Å². The summed E-state index contributed by atoms with van der Waals surface area (Å²) >= 11 is 0. The molecule has 1 aliphatic rings. The van der Waals surface area contributed by atoms with Crippen LogP contribution in [0.1, 0.15) is 46.0 Å². The molecular formula is C11H18N2O2. The second kappa shape index (κ2) is 5.63. The van der Waals surface area contributed by atoms with Gasteiger partial charge in [-0.2, -0.15) is 4.99 Å². The van der Waals surface area contributed by atoms with E-state index in [1.807, 2.05) is 6.92 Å². The molecule has 0 bridgehead atoms. The van der Waals surface area contributed by atoms with Crippen LogP contribution in [0.4, 0.5) is 0 Å². The first-order chi connectivity index (χ1) is 7.19. The second-order valence-electron chi connectivity index (χ2n) is 3.86. The van der Waals surface area contributed by atoms with E-state index in [0.29, 0.717) is 5.84 Å². The maximum atomic E-state index is 11.0. The van der Waals surface area contributed by atoms with Crippen molar-refractivity contribution in [1.29, 1.82) is 0 Å². The Morgan fingerprint density at radius 2 is 2.00 bits per heavy atom. The predicted octanol–water partition coefficient (Wildman–Crippen LogP) is 1.65. The zero-order valence-electron chi connectivity index (χ0n) is 9.38. The number of carbonyl (C=O) groups is 2. The summed E-state index contributed by atoms with van der Waals surface area (Å²) in [7, 11) is 0. The van der Waals surface area contributed by atoms with Crippen molar-refractivity contribution in [2.75, 3.05) is 0 Å². The van der Waals surface area contributed by atoms with E-state index < -0.39 is 11.8 Å². The molecule has 1 atom stereocenters. The summed E-state index contributed by atoms with van der Waals surface area (Å²) in [6.07, 6.45) is 5.39. The van der Waals surface area contributed by atoms with Gasteiger partial charge in [-0.25, -0.2) is 0 Å². The van der Waals surface area contributed by atoms with Gasteiger partial charge in [0.1, 0.15) is 5.84 Å². The Labute approximate surface area is 90.2 Å². The van der Waals surface area contributed by atoms with Crippen LogP contribution in [0.3, 0.4) is 0 Å². The van der Waals surface area contributed by atoms with E-state index in [4.69, 9.17) is 0 Å². The fourth-order valence-corrected chi connectivity index (χ4v) is 1.73. The molecule has 4 nitrogen and oxygen atoms in total. The first kappa shape index (κ1) is 11.9. The molecule has 0 saturated carbocycles. The Bertz CT molecular complexity index is 284. The molecule has 0 aromatic heterocycles. The molecule has 2 amide bonds. The van der Waals surface area contributed by atoms with Crippen molar-refractivity contribution >= 4 is 17.6 Å². The van der Waals surface area contributed by atoms with Crippen LogP contribution in [0.25, 0.3) is 0 Å². The van der Waals surface area contributed by atoms with Gasteiger partial charge in [-0.3, -0.25) is 9.59 Å². The van der Waals surface area contributed by atoms with E-state index in [2.05, 4.69) is 17.2 Å². The van der Waals surface area contributed by atoms with Gasteiger partial charge in [-0.1, -0.05) is 33.1 Å². The van der Waals surface area contributed by atoms with Crippen LogP contribution in [-0.2, 0) is 9.59 Å². The fraction of sp³-hybridized carbons (Fsp3) is 0.727. The van der Waals surface area contributed by atoms with Gasteiger partial charge < -0.3 is 5.32 Å². The number of unbranched alkanes of at least 4 members (excludes halogenated alkanes) is 2. The van der Waals surface area contributed by atoms with Crippen molar-refractivity contribution < 1.29 is 9.59 Å². The van der Waals surface area contributed by atoms with E-state index in [-0.39, 0.29) is 5.92 Å². The van der Waals surface area contributed by atoms with E-state index in [1.54, 1.807) is 0 Å². The van der Waals surface area contributed by atoms with E-state index in [1.165, 1.54) is 12.8 Å². The molecule has 0 aliphatic carbocycles. The summed E-state index contributed by atoms with van der Waals surface area (Å²) in [5.41, 5.74) is 0. The first-order valence-corrected chi connectivity index (χ1v) is 5.62. The topological polar surface area (TPSA) is 58.5 Å². The first-order valence-electron chi connectivity index (χ1n) is 5.62. The normalized spacial score (nSPS) is 17.6. The Balaban J connectivity index is 2.49. The third-order valence-electron chi connectivity index (χ3n) is 2.69. The summed E-state index contributed by atoms with van der Waals surface area (Å²) in [6, 6.07) is 0. The molecule has 1 heterocycles. The van der Waals surface area contributed by atoms with Crippen LogP contribution >= 0.6 is 0 Å². The minimum atomic E-state index is -0.654. The van der Waals surface area contributed by atoms with Gasteiger partial charge in [0.25, 0.3) is 0 Å². The number of amides is 2. The Morgan fingerprint density at radius 3 is 2.47 bits per heavy atom. The third-order valence-corrected chi connectivity index (χ3v) is 2.69. The minimum Gasteiger partial charge on any atom is -0.305 e. The van der Waals surface area contributed by atoms with Crippen LogP contribution in [-0.4, -0.2) is 17.6 Å². The number of amidine groups is 1. The van der Waals surface area contributed by atoms with Crippen molar-refractivity contribution in [3.8, 4) is 0 Å². The van der Waals surface area contributed by atoms with Crippen molar-refractivity contribution in [2.45, 2.75) is 46.0 Å². The van der Waals surface area contributed by atoms with Gasteiger partial charge >= 0.3 is 11.8 Å². The average Bonchev–Trinajstić information content (AvgIpc) is 2.54. The Hall–Kier alpha value is -1.19. The zero-order chi connectivity index (χ0) is 11.3. The largest absolute Gasteiger partial charge is 0.337 e. The summed E-state index contributed by atoms with van der Waals surface area (Å²) in [5, 5.41) is 2.54. The molecule has 84 valence electrons. The van der Waals surface area contributed by atoms with E-state index in [0.717, 1.165) is 19.3 Å². The second-order valence-corrected chi connectivity index (χ2v) is 3.86. The molecule has 0 aromatic rings. The number of nitrogens with zero attached hydrogens (tertiary/aromatic N) is 1. The van der Waals surface area contributed by atoms with Gasteiger partial charge in [0.15, 0.2) is 0 Å². The van der Waals surface area contributed by atoms with Crippen LogP contribution in [0.5, 0.6) is 0 Å². The van der Waals surface area contributed by atoms with Crippen LogP contribution in [0, 0.1) is 5.92 Å².